The zero-order valence-corrected chi connectivity index (χ0v) is 13.1. The summed E-state index contributed by atoms with van der Waals surface area (Å²) in [6, 6.07) is 3.97. The first-order valence-corrected chi connectivity index (χ1v) is 8.64. The highest BCUT2D eigenvalue weighted by molar-refractivity contribution is 7.90. The lowest BCUT2D eigenvalue weighted by Crippen LogP contribution is -2.25. The van der Waals surface area contributed by atoms with Gasteiger partial charge >= 0.3 is 0 Å². The Labute approximate surface area is 124 Å². The van der Waals surface area contributed by atoms with E-state index in [9.17, 15) is 18.5 Å². The van der Waals surface area contributed by atoms with E-state index in [4.69, 9.17) is 4.74 Å². The molecule has 0 aliphatic heterocycles. The highest BCUT2D eigenvalue weighted by Gasteiger charge is 2.14. The van der Waals surface area contributed by atoms with E-state index in [0.717, 1.165) is 12.7 Å². The van der Waals surface area contributed by atoms with Gasteiger partial charge in [-0.15, -0.1) is 0 Å². The van der Waals surface area contributed by atoms with Gasteiger partial charge < -0.3 is 10.1 Å². The van der Waals surface area contributed by atoms with Crippen molar-refractivity contribution in [3.05, 3.63) is 28.3 Å². The predicted octanol–water partition coefficient (Wildman–Crippen LogP) is 2.23. The number of nitrogens with one attached hydrogen (secondary N) is 1. The summed E-state index contributed by atoms with van der Waals surface area (Å²) in [7, 11) is -3.12. The number of benzene rings is 1. The Hall–Kier alpha value is -1.83. The van der Waals surface area contributed by atoms with Crippen LogP contribution in [-0.4, -0.2) is 38.0 Å². The number of rotatable bonds is 8. The summed E-state index contributed by atoms with van der Waals surface area (Å²) in [5.74, 6) is 0.334. The van der Waals surface area contributed by atoms with Crippen molar-refractivity contribution < 1.29 is 18.1 Å². The van der Waals surface area contributed by atoms with Crippen molar-refractivity contribution in [1.82, 2.24) is 0 Å². The van der Waals surface area contributed by atoms with Crippen molar-refractivity contribution >= 4 is 21.2 Å². The Morgan fingerprint density at radius 3 is 2.57 bits per heavy atom. The minimum atomic E-state index is -3.12. The zero-order chi connectivity index (χ0) is 16.0. The summed E-state index contributed by atoms with van der Waals surface area (Å²) >= 11 is 0. The van der Waals surface area contributed by atoms with Crippen molar-refractivity contribution in [3.8, 4) is 5.75 Å². The maximum absolute atomic E-state index is 11.2. The number of anilines is 1. The van der Waals surface area contributed by atoms with Crippen molar-refractivity contribution in [2.24, 2.45) is 0 Å². The van der Waals surface area contributed by atoms with Gasteiger partial charge in [0, 0.05) is 30.1 Å². The van der Waals surface area contributed by atoms with Gasteiger partial charge in [0.1, 0.15) is 15.6 Å². The lowest BCUT2D eigenvalue weighted by atomic mass is 10.2. The smallest absolute Gasteiger partial charge is 0.275 e. The zero-order valence-electron chi connectivity index (χ0n) is 12.3. The number of non-ortho nitro benzene ring substituents is 1. The number of ether oxygens (including phenoxy) is 1. The summed E-state index contributed by atoms with van der Waals surface area (Å²) in [6.45, 7) is 4.09. The van der Waals surface area contributed by atoms with Crippen LogP contribution in [0.25, 0.3) is 0 Å². The van der Waals surface area contributed by atoms with Crippen LogP contribution in [0, 0.1) is 10.1 Å². The molecule has 0 bridgehead atoms. The van der Waals surface area contributed by atoms with Crippen molar-refractivity contribution in [3.63, 3.8) is 0 Å². The Balaban J connectivity index is 2.94. The Bertz CT molecular complexity index is 601. The van der Waals surface area contributed by atoms with Gasteiger partial charge in [0.25, 0.3) is 5.69 Å². The Morgan fingerprint density at radius 2 is 2.05 bits per heavy atom. The van der Waals surface area contributed by atoms with Crippen LogP contribution in [0.15, 0.2) is 18.2 Å². The van der Waals surface area contributed by atoms with Crippen LogP contribution < -0.4 is 10.1 Å². The van der Waals surface area contributed by atoms with Gasteiger partial charge in [0.05, 0.1) is 23.3 Å². The molecule has 1 atom stereocenters. The SMILES string of the molecule is CCCOc1cc(NC(C)CS(C)(=O)=O)cc([N+](=O)[O-])c1. The number of nitro groups is 1. The molecule has 0 aromatic heterocycles. The second-order valence-electron chi connectivity index (χ2n) is 4.96. The van der Waals surface area contributed by atoms with Gasteiger partial charge in [0.15, 0.2) is 0 Å². The van der Waals surface area contributed by atoms with Crippen molar-refractivity contribution in [1.29, 1.82) is 0 Å². The molecule has 0 heterocycles. The molecule has 1 aromatic rings. The fourth-order valence-electron chi connectivity index (χ4n) is 1.86. The first-order valence-electron chi connectivity index (χ1n) is 6.58. The van der Waals surface area contributed by atoms with Crippen LogP contribution in [0.1, 0.15) is 20.3 Å². The van der Waals surface area contributed by atoms with Gasteiger partial charge in [-0.3, -0.25) is 10.1 Å². The molecule has 0 spiro atoms. The molecule has 0 amide bonds. The van der Waals surface area contributed by atoms with Crippen molar-refractivity contribution in [2.45, 2.75) is 26.3 Å². The molecule has 7 nitrogen and oxygen atoms in total. The van der Waals surface area contributed by atoms with Crippen LogP contribution in [0.3, 0.4) is 0 Å². The first-order chi connectivity index (χ1) is 9.71. The topological polar surface area (TPSA) is 98.5 Å². The minimum Gasteiger partial charge on any atom is -0.493 e. The number of hydrogen-bond acceptors (Lipinski definition) is 6. The van der Waals surface area contributed by atoms with E-state index in [1.807, 2.05) is 6.92 Å². The highest BCUT2D eigenvalue weighted by Crippen LogP contribution is 2.26. The summed E-state index contributed by atoms with van der Waals surface area (Å²) in [5, 5.41) is 13.9. The van der Waals surface area contributed by atoms with Gasteiger partial charge in [0.2, 0.25) is 0 Å². The Kier molecular flexibility index (Phi) is 5.95. The van der Waals surface area contributed by atoms with Crippen LogP contribution >= 0.6 is 0 Å². The second-order valence-corrected chi connectivity index (χ2v) is 7.14. The quantitative estimate of drug-likeness (QED) is 0.583. The van der Waals surface area contributed by atoms with E-state index < -0.39 is 14.8 Å². The standard InChI is InChI=1S/C13H20N2O5S/c1-4-5-20-13-7-11(6-12(8-13)15(16)17)14-10(2)9-21(3,18)19/h6-8,10,14H,4-5,9H2,1-3H3. The summed E-state index contributed by atoms with van der Waals surface area (Å²) in [5.41, 5.74) is 0.365. The third-order valence-electron chi connectivity index (χ3n) is 2.54. The number of nitrogens with zero attached hydrogens (tertiary/aromatic N) is 1. The van der Waals surface area contributed by atoms with E-state index in [2.05, 4.69) is 5.32 Å². The lowest BCUT2D eigenvalue weighted by Gasteiger charge is -2.15. The molecule has 0 aliphatic carbocycles. The molecule has 0 radical (unpaired) electrons. The van der Waals surface area contributed by atoms with Crippen LogP contribution in [0.5, 0.6) is 5.75 Å². The third-order valence-corrected chi connectivity index (χ3v) is 3.65. The molecule has 1 unspecified atom stereocenters. The number of nitro benzene ring substituents is 1. The van der Waals surface area contributed by atoms with E-state index in [1.165, 1.54) is 12.1 Å². The monoisotopic (exact) mass is 316 g/mol. The van der Waals surface area contributed by atoms with Crippen LogP contribution in [0.2, 0.25) is 0 Å². The average molecular weight is 316 g/mol. The maximum Gasteiger partial charge on any atom is 0.275 e. The van der Waals surface area contributed by atoms with Gasteiger partial charge in [-0.25, -0.2) is 8.42 Å². The van der Waals surface area contributed by atoms with Crippen LogP contribution in [0.4, 0.5) is 11.4 Å². The molecule has 0 fully saturated rings. The fourth-order valence-corrected chi connectivity index (χ4v) is 2.85. The molecule has 0 saturated heterocycles. The minimum absolute atomic E-state index is 0.0547. The molecule has 1 N–H and O–H groups in total. The molecule has 21 heavy (non-hydrogen) atoms. The number of sulfone groups is 1. The molecule has 118 valence electrons. The first kappa shape index (κ1) is 17.2. The molecular formula is C13H20N2O5S. The third kappa shape index (κ3) is 6.44. The van der Waals surface area contributed by atoms with E-state index in [-0.39, 0.29) is 17.5 Å². The van der Waals surface area contributed by atoms with E-state index in [1.54, 1.807) is 13.0 Å². The lowest BCUT2D eigenvalue weighted by molar-refractivity contribution is -0.384. The largest absolute Gasteiger partial charge is 0.493 e. The molecular weight excluding hydrogens is 296 g/mol. The summed E-state index contributed by atoms with van der Waals surface area (Å²) in [4.78, 5) is 10.4. The highest BCUT2D eigenvalue weighted by atomic mass is 32.2. The predicted molar refractivity (Wildman–Crippen MR) is 81.7 cm³/mol. The van der Waals surface area contributed by atoms with Crippen molar-refractivity contribution in [2.75, 3.05) is 23.9 Å². The van der Waals surface area contributed by atoms with E-state index in [0.29, 0.717) is 18.0 Å². The number of hydrogen-bond donors (Lipinski definition) is 1. The molecule has 8 heteroatoms. The second kappa shape index (κ2) is 7.26. The van der Waals surface area contributed by atoms with Gasteiger partial charge in [-0.05, 0) is 13.3 Å². The summed E-state index contributed by atoms with van der Waals surface area (Å²) < 4.78 is 27.9. The molecule has 0 saturated carbocycles. The normalized spacial score (nSPS) is 12.7. The maximum atomic E-state index is 11.2. The molecule has 1 aromatic carbocycles. The summed E-state index contributed by atoms with van der Waals surface area (Å²) in [6.07, 6.45) is 1.93. The fraction of sp³-hybridized carbons (Fsp3) is 0.538. The van der Waals surface area contributed by atoms with E-state index >= 15 is 0 Å². The van der Waals surface area contributed by atoms with Crippen LogP contribution in [-0.2, 0) is 9.84 Å². The van der Waals surface area contributed by atoms with Gasteiger partial charge in [-0.2, -0.15) is 0 Å². The molecule has 0 aliphatic rings. The van der Waals surface area contributed by atoms with Gasteiger partial charge in [-0.1, -0.05) is 6.92 Å². The average Bonchev–Trinajstić information content (AvgIpc) is 2.33. The Morgan fingerprint density at radius 1 is 1.38 bits per heavy atom. The molecule has 1 rings (SSSR count).